The smallest absolute Gasteiger partial charge is 0.253 e. The molecule has 0 radical (unpaired) electrons. The number of nitriles is 1. The summed E-state index contributed by atoms with van der Waals surface area (Å²) in [5, 5.41) is 22.4. The number of hydrogen-bond acceptors (Lipinski definition) is 5. The molecule has 0 aliphatic heterocycles. The number of nitrogens with zero attached hydrogens (tertiary/aromatic N) is 2. The number of carbonyl (C=O) groups is 1. The second-order valence-electron chi connectivity index (χ2n) is 4.27. The van der Waals surface area contributed by atoms with Gasteiger partial charge in [-0.1, -0.05) is 12.1 Å². The normalized spacial score (nSPS) is 10.8. The van der Waals surface area contributed by atoms with Gasteiger partial charge < -0.3 is 11.1 Å². The lowest BCUT2D eigenvalue weighted by atomic mass is 10.1. The minimum atomic E-state index is -0.441. The molecule has 0 aliphatic carbocycles. The molecular formula is C13H16N6O. The van der Waals surface area contributed by atoms with E-state index in [-0.39, 0.29) is 17.7 Å². The van der Waals surface area contributed by atoms with Gasteiger partial charge in [-0.15, -0.1) is 0 Å². The third kappa shape index (κ3) is 4.10. The van der Waals surface area contributed by atoms with Crippen molar-refractivity contribution in [3.05, 3.63) is 29.8 Å². The molecule has 0 spiro atoms. The van der Waals surface area contributed by atoms with E-state index in [9.17, 15) is 4.79 Å². The molecule has 5 N–H and O–H groups in total. The van der Waals surface area contributed by atoms with E-state index in [1.165, 1.54) is 0 Å². The van der Waals surface area contributed by atoms with Crippen LogP contribution in [0.1, 0.15) is 24.2 Å². The van der Waals surface area contributed by atoms with Gasteiger partial charge in [0, 0.05) is 6.04 Å². The Labute approximate surface area is 117 Å². The number of hydrazone groups is 1. The fraction of sp³-hybridized carbons (Fsp3) is 0.231. The topological polar surface area (TPSA) is 127 Å². The Hall–Kier alpha value is -2.88. The maximum Gasteiger partial charge on any atom is 0.253 e. The van der Waals surface area contributed by atoms with E-state index in [1.807, 2.05) is 13.8 Å². The average Bonchev–Trinajstić information content (AvgIpc) is 2.38. The fourth-order valence-electron chi connectivity index (χ4n) is 1.38. The van der Waals surface area contributed by atoms with Crippen molar-refractivity contribution in [3.8, 4) is 6.07 Å². The summed E-state index contributed by atoms with van der Waals surface area (Å²) in [7, 11) is 0. The van der Waals surface area contributed by atoms with Gasteiger partial charge in [0.25, 0.3) is 5.91 Å². The van der Waals surface area contributed by atoms with Crippen LogP contribution in [-0.4, -0.2) is 23.5 Å². The summed E-state index contributed by atoms with van der Waals surface area (Å²) in [6.07, 6.45) is 0. The monoisotopic (exact) mass is 272 g/mol. The van der Waals surface area contributed by atoms with Crippen LogP contribution in [0.15, 0.2) is 29.4 Å². The molecule has 0 heterocycles. The summed E-state index contributed by atoms with van der Waals surface area (Å²) in [5.41, 5.74) is 8.35. The van der Waals surface area contributed by atoms with Gasteiger partial charge in [-0.2, -0.15) is 10.4 Å². The Morgan fingerprint density at radius 3 is 2.65 bits per heavy atom. The van der Waals surface area contributed by atoms with Crippen LogP contribution in [0.3, 0.4) is 0 Å². The van der Waals surface area contributed by atoms with Crippen LogP contribution < -0.4 is 16.5 Å². The largest absolute Gasteiger partial charge is 0.382 e. The zero-order valence-corrected chi connectivity index (χ0v) is 11.3. The van der Waals surface area contributed by atoms with E-state index in [2.05, 4.69) is 15.8 Å². The van der Waals surface area contributed by atoms with E-state index >= 15 is 0 Å². The molecule has 1 rings (SSSR count). The van der Waals surface area contributed by atoms with Gasteiger partial charge >= 0.3 is 0 Å². The van der Waals surface area contributed by atoms with Gasteiger partial charge in [-0.05, 0) is 26.0 Å². The summed E-state index contributed by atoms with van der Waals surface area (Å²) in [6, 6.07) is 8.43. The van der Waals surface area contributed by atoms with Gasteiger partial charge in [0.15, 0.2) is 5.84 Å². The second kappa shape index (κ2) is 6.89. The Morgan fingerprint density at radius 1 is 1.45 bits per heavy atom. The molecule has 20 heavy (non-hydrogen) atoms. The molecule has 1 aromatic carbocycles. The Morgan fingerprint density at radius 2 is 2.10 bits per heavy atom. The van der Waals surface area contributed by atoms with Crippen molar-refractivity contribution in [2.75, 3.05) is 5.43 Å². The van der Waals surface area contributed by atoms with Crippen LogP contribution in [0, 0.1) is 16.7 Å². The van der Waals surface area contributed by atoms with Gasteiger partial charge in [-0.25, -0.2) is 0 Å². The minimum absolute atomic E-state index is 0.00551. The van der Waals surface area contributed by atoms with Crippen LogP contribution in [-0.2, 0) is 0 Å². The van der Waals surface area contributed by atoms with E-state index < -0.39 is 5.84 Å². The predicted molar refractivity (Wildman–Crippen MR) is 77.6 cm³/mol. The molecule has 1 aromatic rings. The quantitative estimate of drug-likeness (QED) is 0.363. The van der Waals surface area contributed by atoms with Crippen molar-refractivity contribution in [2.24, 2.45) is 10.8 Å². The highest BCUT2D eigenvalue weighted by atomic mass is 16.1. The molecule has 104 valence electrons. The summed E-state index contributed by atoms with van der Waals surface area (Å²) in [6.45, 7) is 3.71. The van der Waals surface area contributed by atoms with E-state index in [0.29, 0.717) is 11.3 Å². The minimum Gasteiger partial charge on any atom is -0.382 e. The summed E-state index contributed by atoms with van der Waals surface area (Å²) < 4.78 is 0. The maximum absolute atomic E-state index is 12.0. The van der Waals surface area contributed by atoms with Crippen LogP contribution >= 0.6 is 0 Å². The van der Waals surface area contributed by atoms with E-state index in [1.54, 1.807) is 30.3 Å². The predicted octanol–water partition coefficient (Wildman–Crippen LogP) is 1.05. The highest BCUT2D eigenvalue weighted by molar-refractivity contribution is 6.45. The summed E-state index contributed by atoms with van der Waals surface area (Å²) in [5.74, 6) is -0.691. The molecule has 0 fully saturated rings. The number of carbonyl (C=O) groups excluding carboxylic acids is 1. The van der Waals surface area contributed by atoms with Crippen molar-refractivity contribution < 1.29 is 4.79 Å². The number of nitrogens with two attached hydrogens (primary N) is 1. The Kier molecular flexibility index (Phi) is 5.23. The average molecular weight is 272 g/mol. The lowest BCUT2D eigenvalue weighted by Crippen LogP contribution is -2.30. The van der Waals surface area contributed by atoms with Crippen LogP contribution in [0.4, 0.5) is 5.69 Å². The molecule has 0 atom stereocenters. The standard InChI is InChI=1S/C13H16N6O/c1-8(2)17-13(20)9-5-3-4-6-10(9)18-19-11(7-14)12(15)16/h3-6,8,18H,1-2H3,(H3,15,16)(H,17,20)/b19-11+. The van der Waals surface area contributed by atoms with Crippen LogP contribution in [0.5, 0.6) is 0 Å². The molecule has 1 amide bonds. The van der Waals surface area contributed by atoms with Crippen molar-refractivity contribution in [3.63, 3.8) is 0 Å². The third-order valence-electron chi connectivity index (χ3n) is 2.24. The first-order valence-electron chi connectivity index (χ1n) is 5.93. The zero-order valence-electron chi connectivity index (χ0n) is 11.3. The second-order valence-corrected chi connectivity index (χ2v) is 4.27. The van der Waals surface area contributed by atoms with E-state index in [0.717, 1.165) is 0 Å². The number of benzene rings is 1. The van der Waals surface area contributed by atoms with Gasteiger partial charge in [0.1, 0.15) is 6.07 Å². The Bertz CT molecular complexity index is 585. The first-order chi connectivity index (χ1) is 9.45. The number of amides is 1. The van der Waals surface area contributed by atoms with Gasteiger partial charge in [-0.3, -0.25) is 15.6 Å². The first kappa shape index (κ1) is 15.2. The summed E-state index contributed by atoms with van der Waals surface area (Å²) >= 11 is 0. The highest BCUT2D eigenvalue weighted by Gasteiger charge is 2.11. The lowest BCUT2D eigenvalue weighted by Gasteiger charge is -2.11. The number of para-hydroxylation sites is 1. The SMILES string of the molecule is CC(C)NC(=O)c1ccccc1N/N=C(\C#N)C(=N)N. The molecule has 7 nitrogen and oxygen atoms in total. The van der Waals surface area contributed by atoms with Crippen molar-refractivity contribution in [1.82, 2.24) is 5.32 Å². The van der Waals surface area contributed by atoms with Crippen molar-refractivity contribution in [1.29, 1.82) is 10.7 Å². The van der Waals surface area contributed by atoms with Crippen molar-refractivity contribution in [2.45, 2.75) is 19.9 Å². The van der Waals surface area contributed by atoms with Crippen molar-refractivity contribution >= 4 is 23.1 Å². The first-order valence-corrected chi connectivity index (χ1v) is 5.93. The lowest BCUT2D eigenvalue weighted by molar-refractivity contribution is 0.0944. The highest BCUT2D eigenvalue weighted by Crippen LogP contribution is 2.15. The maximum atomic E-state index is 12.0. The molecule has 7 heteroatoms. The third-order valence-corrected chi connectivity index (χ3v) is 2.24. The van der Waals surface area contributed by atoms with Gasteiger partial charge in [0.05, 0.1) is 11.3 Å². The fourth-order valence-corrected chi connectivity index (χ4v) is 1.38. The molecule has 0 aromatic heterocycles. The number of anilines is 1. The van der Waals surface area contributed by atoms with Gasteiger partial charge in [0.2, 0.25) is 5.71 Å². The molecule has 0 unspecified atom stereocenters. The number of nitrogens with one attached hydrogen (secondary N) is 3. The number of rotatable bonds is 5. The molecule has 0 aliphatic rings. The van der Waals surface area contributed by atoms with E-state index in [4.69, 9.17) is 16.4 Å². The molecule has 0 bridgehead atoms. The molecular weight excluding hydrogens is 256 g/mol. The zero-order chi connectivity index (χ0) is 15.1. The Balaban J connectivity index is 3.00. The number of amidine groups is 1. The number of hydrogen-bond donors (Lipinski definition) is 4. The molecule has 0 saturated carbocycles. The molecule has 0 saturated heterocycles. The van der Waals surface area contributed by atoms with Crippen LogP contribution in [0.2, 0.25) is 0 Å². The summed E-state index contributed by atoms with van der Waals surface area (Å²) in [4.78, 5) is 12.0. The van der Waals surface area contributed by atoms with Crippen LogP contribution in [0.25, 0.3) is 0 Å².